The zero-order valence-corrected chi connectivity index (χ0v) is 11.0. The van der Waals surface area contributed by atoms with Gasteiger partial charge in [-0.05, 0) is 44.1 Å². The Bertz CT molecular complexity index is 331. The Morgan fingerprint density at radius 3 is 2.41 bits per heavy atom. The second-order valence-electron chi connectivity index (χ2n) is 5.78. The van der Waals surface area contributed by atoms with Crippen molar-refractivity contribution in [2.24, 2.45) is 5.92 Å². The van der Waals surface area contributed by atoms with E-state index in [4.69, 9.17) is 0 Å². The minimum atomic E-state index is 1.04. The van der Waals surface area contributed by atoms with Gasteiger partial charge in [0.25, 0.3) is 0 Å². The third-order valence-electron chi connectivity index (χ3n) is 4.29. The molecule has 0 aromatic heterocycles. The monoisotopic (exact) mass is 232 g/mol. The second-order valence-corrected chi connectivity index (χ2v) is 5.78. The Morgan fingerprint density at radius 2 is 1.76 bits per heavy atom. The Balaban J connectivity index is 1.53. The molecule has 3 rings (SSSR count). The van der Waals surface area contributed by atoms with Gasteiger partial charge in [-0.15, -0.1) is 0 Å². The van der Waals surface area contributed by atoms with Crippen LogP contribution < -0.4 is 0 Å². The van der Waals surface area contributed by atoms with Crippen LogP contribution in [0.4, 0.5) is 0 Å². The molecule has 0 N–H and O–H groups in total. The molecule has 1 heterocycles. The van der Waals surface area contributed by atoms with Crippen LogP contribution in [0.5, 0.6) is 0 Å². The predicted octanol–water partition coefficient (Wildman–Crippen LogP) is 2.64. The van der Waals surface area contributed by atoms with Gasteiger partial charge in [0.15, 0.2) is 0 Å². The minimum absolute atomic E-state index is 1.04. The summed E-state index contributed by atoms with van der Waals surface area (Å²) in [7, 11) is 0. The van der Waals surface area contributed by atoms with Crippen molar-refractivity contribution < 1.29 is 0 Å². The Morgan fingerprint density at radius 1 is 1.06 bits per heavy atom. The number of rotatable bonds is 3. The van der Waals surface area contributed by atoms with Gasteiger partial charge in [0.1, 0.15) is 0 Å². The first-order valence-electron chi connectivity index (χ1n) is 7.17. The van der Waals surface area contributed by atoms with Crippen LogP contribution in [0, 0.1) is 5.92 Å². The van der Waals surface area contributed by atoms with Gasteiger partial charge in [0.2, 0.25) is 0 Å². The highest BCUT2D eigenvalue weighted by atomic mass is 15.3. The molecule has 0 atom stereocenters. The maximum atomic E-state index is 2.66. The van der Waals surface area contributed by atoms with Crippen molar-refractivity contribution in [3.63, 3.8) is 0 Å². The Kier molecular flexibility index (Phi) is 3.24. The molecule has 1 saturated heterocycles. The van der Waals surface area contributed by atoms with Crippen LogP contribution in [0.25, 0.3) is 0 Å². The van der Waals surface area contributed by atoms with E-state index in [0.29, 0.717) is 0 Å². The van der Waals surface area contributed by atoms with Crippen LogP contribution in [0.15, 0.2) is 23.4 Å². The Hall–Kier alpha value is -0.760. The van der Waals surface area contributed by atoms with E-state index in [1.165, 1.54) is 69.7 Å². The molecular weight excluding hydrogens is 208 g/mol. The molecular formula is C15H24N2. The number of hydrogen-bond donors (Lipinski definition) is 0. The van der Waals surface area contributed by atoms with Crippen molar-refractivity contribution in [1.29, 1.82) is 0 Å². The highest BCUT2D eigenvalue weighted by Gasteiger charge is 2.27. The second kappa shape index (κ2) is 4.85. The number of nitrogens with zero attached hydrogens (tertiary/aromatic N) is 2. The highest BCUT2D eigenvalue weighted by Crippen LogP contribution is 2.30. The predicted molar refractivity (Wildman–Crippen MR) is 71.8 cm³/mol. The topological polar surface area (TPSA) is 6.48 Å². The zero-order valence-electron chi connectivity index (χ0n) is 11.0. The normalized spacial score (nSPS) is 26.8. The van der Waals surface area contributed by atoms with E-state index in [2.05, 4.69) is 28.9 Å². The molecule has 17 heavy (non-hydrogen) atoms. The first-order chi connectivity index (χ1) is 8.33. The lowest BCUT2D eigenvalue weighted by atomic mass is 10.0. The number of piperazine rings is 1. The molecule has 0 radical (unpaired) electrons. The quantitative estimate of drug-likeness (QED) is 0.738. The van der Waals surface area contributed by atoms with E-state index in [-0.39, 0.29) is 0 Å². The zero-order chi connectivity index (χ0) is 11.7. The first kappa shape index (κ1) is 11.3. The largest absolute Gasteiger partial charge is 0.369 e. The summed E-state index contributed by atoms with van der Waals surface area (Å²) in [6.07, 6.45) is 10.3. The van der Waals surface area contributed by atoms with Crippen molar-refractivity contribution in [3.8, 4) is 0 Å². The number of allylic oxidation sites excluding steroid dienone is 3. The molecule has 3 aliphatic rings. The maximum Gasteiger partial charge on any atom is 0.0353 e. The van der Waals surface area contributed by atoms with Crippen LogP contribution in [-0.4, -0.2) is 42.5 Å². The highest BCUT2D eigenvalue weighted by molar-refractivity contribution is 5.31. The fourth-order valence-corrected chi connectivity index (χ4v) is 3.00. The molecule has 1 saturated carbocycles. The van der Waals surface area contributed by atoms with E-state index < -0.39 is 0 Å². The molecule has 0 spiro atoms. The maximum absolute atomic E-state index is 2.66. The standard InChI is InChI=1S/C15H24N2/c1-13-4-2-3-5-15(13)17-10-8-16(9-11-17)12-14-6-7-14/h4-5,14H,2-3,6-12H2,1H3. The molecule has 2 heteroatoms. The number of hydrogen-bond acceptors (Lipinski definition) is 2. The molecule has 94 valence electrons. The summed E-state index contributed by atoms with van der Waals surface area (Å²) in [5.41, 5.74) is 3.01. The lowest BCUT2D eigenvalue weighted by Crippen LogP contribution is -2.46. The lowest BCUT2D eigenvalue weighted by Gasteiger charge is -2.38. The average molecular weight is 232 g/mol. The summed E-state index contributed by atoms with van der Waals surface area (Å²) in [5, 5.41) is 0. The molecule has 0 aromatic rings. The summed E-state index contributed by atoms with van der Waals surface area (Å²) in [5.74, 6) is 1.04. The fraction of sp³-hybridized carbons (Fsp3) is 0.733. The van der Waals surface area contributed by atoms with Gasteiger partial charge in [0, 0.05) is 38.4 Å². The first-order valence-corrected chi connectivity index (χ1v) is 7.17. The molecule has 0 unspecified atom stereocenters. The van der Waals surface area contributed by atoms with Crippen molar-refractivity contribution >= 4 is 0 Å². The van der Waals surface area contributed by atoms with Crippen molar-refractivity contribution in [2.75, 3.05) is 32.7 Å². The van der Waals surface area contributed by atoms with Gasteiger partial charge in [-0.1, -0.05) is 12.2 Å². The molecule has 1 aliphatic heterocycles. The molecule has 0 bridgehead atoms. The van der Waals surface area contributed by atoms with Crippen molar-refractivity contribution in [3.05, 3.63) is 23.4 Å². The third-order valence-corrected chi connectivity index (χ3v) is 4.29. The SMILES string of the molecule is CC1=CCCC=C1N1CCN(CC2CC2)CC1. The van der Waals surface area contributed by atoms with Crippen LogP contribution in [0.3, 0.4) is 0 Å². The van der Waals surface area contributed by atoms with E-state index in [9.17, 15) is 0 Å². The minimum Gasteiger partial charge on any atom is -0.369 e. The fourth-order valence-electron chi connectivity index (χ4n) is 3.00. The van der Waals surface area contributed by atoms with Gasteiger partial charge in [-0.25, -0.2) is 0 Å². The van der Waals surface area contributed by atoms with E-state index >= 15 is 0 Å². The van der Waals surface area contributed by atoms with Crippen molar-refractivity contribution in [1.82, 2.24) is 9.80 Å². The third kappa shape index (κ3) is 2.74. The van der Waals surface area contributed by atoms with Crippen LogP contribution in [-0.2, 0) is 0 Å². The molecule has 0 amide bonds. The summed E-state index contributed by atoms with van der Waals surface area (Å²) in [4.78, 5) is 5.25. The van der Waals surface area contributed by atoms with Gasteiger partial charge < -0.3 is 4.90 Å². The molecule has 0 aromatic carbocycles. The average Bonchev–Trinajstić information content (AvgIpc) is 3.15. The molecule has 2 aliphatic carbocycles. The van der Waals surface area contributed by atoms with Gasteiger partial charge in [0.05, 0.1) is 0 Å². The molecule has 2 fully saturated rings. The van der Waals surface area contributed by atoms with Crippen LogP contribution >= 0.6 is 0 Å². The van der Waals surface area contributed by atoms with E-state index in [1.807, 2.05) is 0 Å². The van der Waals surface area contributed by atoms with E-state index in [1.54, 1.807) is 0 Å². The summed E-state index contributed by atoms with van der Waals surface area (Å²) in [6, 6.07) is 0. The van der Waals surface area contributed by atoms with E-state index in [0.717, 1.165) is 5.92 Å². The van der Waals surface area contributed by atoms with Gasteiger partial charge in [-0.2, -0.15) is 0 Å². The van der Waals surface area contributed by atoms with Crippen LogP contribution in [0.1, 0.15) is 32.6 Å². The summed E-state index contributed by atoms with van der Waals surface area (Å²) >= 11 is 0. The molecule has 2 nitrogen and oxygen atoms in total. The summed E-state index contributed by atoms with van der Waals surface area (Å²) in [6.45, 7) is 8.61. The Labute approximate surface area is 105 Å². The lowest BCUT2D eigenvalue weighted by molar-refractivity contribution is 0.155. The smallest absolute Gasteiger partial charge is 0.0353 e. The van der Waals surface area contributed by atoms with Gasteiger partial charge >= 0.3 is 0 Å². The van der Waals surface area contributed by atoms with Crippen LogP contribution in [0.2, 0.25) is 0 Å². The summed E-state index contributed by atoms with van der Waals surface area (Å²) < 4.78 is 0. The van der Waals surface area contributed by atoms with Gasteiger partial charge in [-0.3, -0.25) is 4.90 Å². The van der Waals surface area contributed by atoms with Crippen molar-refractivity contribution in [2.45, 2.75) is 32.6 Å².